The summed E-state index contributed by atoms with van der Waals surface area (Å²) in [5, 5.41) is 5.56. The molecule has 1 heterocycles. The number of nitrogens with one attached hydrogen (secondary N) is 2. The third-order valence-corrected chi connectivity index (χ3v) is 2.30. The minimum absolute atomic E-state index is 0.158. The van der Waals surface area contributed by atoms with Crippen molar-refractivity contribution in [1.29, 1.82) is 0 Å². The number of rotatable bonds is 4. The topological polar surface area (TPSA) is 59.1 Å². The zero-order valence-corrected chi connectivity index (χ0v) is 10.4. The van der Waals surface area contributed by atoms with Gasteiger partial charge in [0.1, 0.15) is 18.0 Å². The van der Waals surface area contributed by atoms with Crippen LogP contribution >= 0.6 is 0 Å². The first-order valence-electron chi connectivity index (χ1n) is 5.59. The predicted molar refractivity (Wildman–Crippen MR) is 68.0 cm³/mol. The molecule has 0 aliphatic heterocycles. The lowest BCUT2D eigenvalue weighted by Gasteiger charge is -2.14. The standard InChI is InChI=1S/C12H11F3N4O/c1-16-10-6-11(18-7-17-10)19-8-4-2-3-5-9(8)20-12(13,14)15/h2-7H,1H3,(H2,16,17,18,19). The van der Waals surface area contributed by atoms with Crippen molar-refractivity contribution in [1.82, 2.24) is 9.97 Å². The molecule has 2 aromatic rings. The van der Waals surface area contributed by atoms with E-state index in [1.807, 2.05) is 0 Å². The Hall–Kier alpha value is -2.51. The molecule has 2 rings (SSSR count). The van der Waals surface area contributed by atoms with Gasteiger partial charge in [0.15, 0.2) is 5.75 Å². The van der Waals surface area contributed by atoms with Gasteiger partial charge in [-0.3, -0.25) is 0 Å². The van der Waals surface area contributed by atoms with Crippen LogP contribution in [0.5, 0.6) is 5.75 Å². The number of alkyl halides is 3. The molecular formula is C12H11F3N4O. The second kappa shape index (κ2) is 5.64. The summed E-state index contributed by atoms with van der Waals surface area (Å²) in [6, 6.07) is 7.28. The van der Waals surface area contributed by atoms with Crippen molar-refractivity contribution in [3.8, 4) is 5.75 Å². The van der Waals surface area contributed by atoms with E-state index >= 15 is 0 Å². The molecule has 0 radical (unpaired) electrons. The maximum absolute atomic E-state index is 12.3. The molecule has 0 bridgehead atoms. The van der Waals surface area contributed by atoms with E-state index in [0.717, 1.165) is 0 Å². The average Bonchev–Trinajstić information content (AvgIpc) is 2.40. The van der Waals surface area contributed by atoms with Crippen LogP contribution in [0.4, 0.5) is 30.5 Å². The Morgan fingerprint density at radius 2 is 1.80 bits per heavy atom. The lowest BCUT2D eigenvalue weighted by Crippen LogP contribution is -2.17. The highest BCUT2D eigenvalue weighted by Gasteiger charge is 2.32. The van der Waals surface area contributed by atoms with E-state index in [4.69, 9.17) is 0 Å². The van der Waals surface area contributed by atoms with E-state index in [-0.39, 0.29) is 11.4 Å². The van der Waals surface area contributed by atoms with E-state index in [2.05, 4.69) is 25.3 Å². The van der Waals surface area contributed by atoms with Crippen molar-refractivity contribution in [3.63, 3.8) is 0 Å². The molecule has 0 saturated heterocycles. The number of benzene rings is 1. The number of hydrogen-bond acceptors (Lipinski definition) is 5. The van der Waals surface area contributed by atoms with Crippen LogP contribution in [-0.2, 0) is 0 Å². The third-order valence-electron chi connectivity index (χ3n) is 2.30. The zero-order valence-electron chi connectivity index (χ0n) is 10.4. The predicted octanol–water partition coefficient (Wildman–Crippen LogP) is 3.16. The average molecular weight is 284 g/mol. The second-order valence-corrected chi connectivity index (χ2v) is 3.71. The summed E-state index contributed by atoms with van der Waals surface area (Å²) in [6.07, 6.45) is -3.46. The summed E-state index contributed by atoms with van der Waals surface area (Å²) < 4.78 is 40.8. The van der Waals surface area contributed by atoms with Gasteiger partial charge in [0, 0.05) is 13.1 Å². The molecule has 20 heavy (non-hydrogen) atoms. The van der Waals surface area contributed by atoms with Crippen molar-refractivity contribution < 1.29 is 17.9 Å². The van der Waals surface area contributed by atoms with Crippen LogP contribution in [0, 0.1) is 0 Å². The van der Waals surface area contributed by atoms with Gasteiger partial charge in [-0.25, -0.2) is 9.97 Å². The smallest absolute Gasteiger partial charge is 0.404 e. The highest BCUT2D eigenvalue weighted by atomic mass is 19.4. The molecule has 8 heteroatoms. The molecule has 0 aliphatic rings. The molecule has 106 valence electrons. The maximum Gasteiger partial charge on any atom is 0.573 e. The first-order chi connectivity index (χ1) is 9.48. The summed E-state index contributed by atoms with van der Waals surface area (Å²) in [4.78, 5) is 7.83. The number of hydrogen-bond donors (Lipinski definition) is 2. The van der Waals surface area contributed by atoms with Crippen molar-refractivity contribution >= 4 is 17.3 Å². The third kappa shape index (κ3) is 3.74. The molecule has 0 amide bonds. The molecule has 0 unspecified atom stereocenters. The van der Waals surface area contributed by atoms with Crippen LogP contribution in [0.2, 0.25) is 0 Å². The van der Waals surface area contributed by atoms with Gasteiger partial charge in [0.05, 0.1) is 5.69 Å². The number of aromatic nitrogens is 2. The summed E-state index contributed by atoms with van der Waals surface area (Å²) in [5.74, 6) is 0.559. The monoisotopic (exact) mass is 284 g/mol. The Labute approximate surface area is 112 Å². The Balaban J connectivity index is 2.24. The van der Waals surface area contributed by atoms with E-state index in [0.29, 0.717) is 11.6 Å². The van der Waals surface area contributed by atoms with E-state index in [1.165, 1.54) is 24.5 Å². The van der Waals surface area contributed by atoms with Crippen molar-refractivity contribution in [2.45, 2.75) is 6.36 Å². The lowest BCUT2D eigenvalue weighted by molar-refractivity contribution is -0.274. The fraction of sp³-hybridized carbons (Fsp3) is 0.167. The molecule has 1 aromatic carbocycles. The molecule has 0 atom stereocenters. The number of anilines is 3. The maximum atomic E-state index is 12.3. The van der Waals surface area contributed by atoms with Gasteiger partial charge in [-0.05, 0) is 12.1 Å². The summed E-state index contributed by atoms with van der Waals surface area (Å²) in [5.41, 5.74) is 0.158. The first-order valence-corrected chi connectivity index (χ1v) is 5.59. The normalized spacial score (nSPS) is 11.0. The van der Waals surface area contributed by atoms with Crippen LogP contribution in [0.3, 0.4) is 0 Å². The van der Waals surface area contributed by atoms with Gasteiger partial charge in [-0.2, -0.15) is 0 Å². The number of nitrogens with zero attached hydrogens (tertiary/aromatic N) is 2. The fourth-order valence-electron chi connectivity index (χ4n) is 1.48. The first kappa shape index (κ1) is 13.9. The molecule has 0 spiro atoms. The molecule has 5 nitrogen and oxygen atoms in total. The molecule has 0 saturated carbocycles. The zero-order chi connectivity index (χ0) is 14.6. The number of para-hydroxylation sites is 2. The van der Waals surface area contributed by atoms with E-state index in [9.17, 15) is 13.2 Å². The van der Waals surface area contributed by atoms with Gasteiger partial charge in [0.25, 0.3) is 0 Å². The molecular weight excluding hydrogens is 273 g/mol. The van der Waals surface area contributed by atoms with Crippen LogP contribution < -0.4 is 15.4 Å². The van der Waals surface area contributed by atoms with Crippen molar-refractivity contribution in [3.05, 3.63) is 36.7 Å². The van der Waals surface area contributed by atoms with Crippen molar-refractivity contribution in [2.24, 2.45) is 0 Å². The van der Waals surface area contributed by atoms with Crippen LogP contribution in [0.25, 0.3) is 0 Å². The fourth-order valence-corrected chi connectivity index (χ4v) is 1.48. The Bertz CT molecular complexity index is 589. The summed E-state index contributed by atoms with van der Waals surface area (Å²) >= 11 is 0. The van der Waals surface area contributed by atoms with E-state index in [1.54, 1.807) is 19.2 Å². The largest absolute Gasteiger partial charge is 0.573 e. The quantitative estimate of drug-likeness (QED) is 0.903. The second-order valence-electron chi connectivity index (χ2n) is 3.71. The summed E-state index contributed by atoms with van der Waals surface area (Å²) in [7, 11) is 1.67. The number of ether oxygens (including phenoxy) is 1. The van der Waals surface area contributed by atoms with Gasteiger partial charge in [-0.15, -0.1) is 13.2 Å². The molecule has 2 N–H and O–H groups in total. The minimum atomic E-state index is -4.75. The molecule has 0 fully saturated rings. The van der Waals surface area contributed by atoms with Gasteiger partial charge in [-0.1, -0.05) is 12.1 Å². The molecule has 1 aromatic heterocycles. The van der Waals surface area contributed by atoms with Crippen LogP contribution in [0.1, 0.15) is 0 Å². The molecule has 0 aliphatic carbocycles. The van der Waals surface area contributed by atoms with Crippen LogP contribution in [0.15, 0.2) is 36.7 Å². The Kier molecular flexibility index (Phi) is 3.92. The summed E-state index contributed by atoms with van der Waals surface area (Å²) in [6.45, 7) is 0. The van der Waals surface area contributed by atoms with Gasteiger partial charge >= 0.3 is 6.36 Å². The van der Waals surface area contributed by atoms with Gasteiger partial charge < -0.3 is 15.4 Å². The minimum Gasteiger partial charge on any atom is -0.404 e. The Morgan fingerprint density at radius 3 is 2.50 bits per heavy atom. The highest BCUT2D eigenvalue weighted by molar-refractivity contribution is 5.65. The highest BCUT2D eigenvalue weighted by Crippen LogP contribution is 2.31. The van der Waals surface area contributed by atoms with Gasteiger partial charge in [0.2, 0.25) is 0 Å². The lowest BCUT2D eigenvalue weighted by atomic mass is 10.3. The van der Waals surface area contributed by atoms with Crippen LogP contribution in [-0.4, -0.2) is 23.4 Å². The Morgan fingerprint density at radius 1 is 1.10 bits per heavy atom. The SMILES string of the molecule is CNc1cc(Nc2ccccc2OC(F)(F)F)ncn1. The number of halogens is 3. The van der Waals surface area contributed by atoms with Crippen molar-refractivity contribution in [2.75, 3.05) is 17.7 Å². The van der Waals surface area contributed by atoms with E-state index < -0.39 is 6.36 Å².